The molecule has 0 aliphatic heterocycles. The van der Waals surface area contributed by atoms with Crippen LogP contribution in [0.15, 0.2) is 54.6 Å². The van der Waals surface area contributed by atoms with Crippen molar-refractivity contribution < 1.29 is 4.79 Å². The third-order valence-corrected chi connectivity index (χ3v) is 4.88. The van der Waals surface area contributed by atoms with Gasteiger partial charge in [0.15, 0.2) is 5.65 Å². The molecular weight excluding hydrogens is 362 g/mol. The van der Waals surface area contributed by atoms with Crippen LogP contribution in [-0.2, 0) is 6.54 Å². The molecule has 1 amide bonds. The van der Waals surface area contributed by atoms with E-state index in [1.165, 1.54) is 0 Å². The largest absolute Gasteiger partial charge is 0.367 e. The first-order chi connectivity index (χ1) is 14.1. The van der Waals surface area contributed by atoms with Crippen LogP contribution in [0, 0.1) is 18.3 Å². The summed E-state index contributed by atoms with van der Waals surface area (Å²) in [5.74, 6) is 0.778. The fraction of sp³-hybridized carbons (Fsp3) is 0.174. The molecule has 6 nitrogen and oxygen atoms in total. The van der Waals surface area contributed by atoms with E-state index in [-0.39, 0.29) is 5.91 Å². The zero-order valence-corrected chi connectivity index (χ0v) is 16.4. The Bertz CT molecular complexity index is 1270. The summed E-state index contributed by atoms with van der Waals surface area (Å²) >= 11 is 0. The standard InChI is InChI=1S/C23H21N5O/c1-3-25-23(29)17-8-6-7-16(12-17)14-26-21-11-15(2)18(13-24)22-27-19-9-4-5-10-20(19)28(21)22/h4-12,26H,3,14H2,1-2H3,(H,25,29). The van der Waals surface area contributed by atoms with Gasteiger partial charge in [-0.15, -0.1) is 0 Å². The van der Waals surface area contributed by atoms with Crippen molar-refractivity contribution in [3.8, 4) is 6.07 Å². The number of hydrogen-bond acceptors (Lipinski definition) is 4. The Morgan fingerprint density at radius 2 is 2.00 bits per heavy atom. The highest BCUT2D eigenvalue weighted by molar-refractivity contribution is 5.94. The molecule has 0 aliphatic rings. The van der Waals surface area contributed by atoms with Crippen molar-refractivity contribution in [1.82, 2.24) is 14.7 Å². The number of carbonyl (C=O) groups is 1. The van der Waals surface area contributed by atoms with Gasteiger partial charge in [0.05, 0.1) is 16.6 Å². The van der Waals surface area contributed by atoms with Crippen molar-refractivity contribution in [3.05, 3.63) is 76.9 Å². The number of nitrogens with one attached hydrogen (secondary N) is 2. The molecule has 4 aromatic rings. The Hall–Kier alpha value is -3.85. The van der Waals surface area contributed by atoms with Gasteiger partial charge in [0.1, 0.15) is 11.9 Å². The van der Waals surface area contributed by atoms with Crippen LogP contribution < -0.4 is 10.6 Å². The van der Waals surface area contributed by atoms with E-state index in [0.717, 1.165) is 28.0 Å². The van der Waals surface area contributed by atoms with Crippen LogP contribution in [0.5, 0.6) is 0 Å². The molecule has 0 aliphatic carbocycles. The first kappa shape index (κ1) is 18.5. The van der Waals surface area contributed by atoms with Gasteiger partial charge in [0, 0.05) is 18.7 Å². The number of pyridine rings is 1. The topological polar surface area (TPSA) is 82.2 Å². The van der Waals surface area contributed by atoms with Gasteiger partial charge in [-0.25, -0.2) is 4.98 Å². The molecule has 0 spiro atoms. The predicted molar refractivity (Wildman–Crippen MR) is 114 cm³/mol. The zero-order valence-electron chi connectivity index (χ0n) is 16.4. The Balaban J connectivity index is 1.73. The Kier molecular flexibility index (Phi) is 4.88. The molecule has 0 bridgehead atoms. The monoisotopic (exact) mass is 383 g/mol. The van der Waals surface area contributed by atoms with Gasteiger partial charge in [-0.3, -0.25) is 9.20 Å². The molecule has 0 saturated carbocycles. The molecule has 29 heavy (non-hydrogen) atoms. The van der Waals surface area contributed by atoms with Crippen molar-refractivity contribution >= 4 is 28.4 Å². The number of rotatable bonds is 5. The number of fused-ring (bicyclic) bond motifs is 3. The summed E-state index contributed by atoms with van der Waals surface area (Å²) in [6.45, 7) is 4.95. The van der Waals surface area contributed by atoms with Crippen LogP contribution in [0.25, 0.3) is 16.7 Å². The number of anilines is 1. The van der Waals surface area contributed by atoms with Crippen molar-refractivity contribution in [2.75, 3.05) is 11.9 Å². The van der Waals surface area contributed by atoms with Crippen molar-refractivity contribution in [2.24, 2.45) is 0 Å². The van der Waals surface area contributed by atoms with Gasteiger partial charge in [0.25, 0.3) is 5.91 Å². The molecule has 2 aromatic heterocycles. The average molecular weight is 383 g/mol. The highest BCUT2D eigenvalue weighted by atomic mass is 16.1. The fourth-order valence-corrected chi connectivity index (χ4v) is 3.50. The fourth-order valence-electron chi connectivity index (χ4n) is 3.50. The molecule has 2 N–H and O–H groups in total. The van der Waals surface area contributed by atoms with Gasteiger partial charge in [0.2, 0.25) is 0 Å². The SMILES string of the molecule is CCNC(=O)c1cccc(CNc2cc(C)c(C#N)c3nc4ccccc4n23)c1. The lowest BCUT2D eigenvalue weighted by Crippen LogP contribution is -2.22. The van der Waals surface area contributed by atoms with Crippen LogP contribution in [-0.4, -0.2) is 21.8 Å². The van der Waals surface area contributed by atoms with E-state index in [4.69, 9.17) is 0 Å². The van der Waals surface area contributed by atoms with Crippen molar-refractivity contribution in [3.63, 3.8) is 0 Å². The molecule has 0 atom stereocenters. The average Bonchev–Trinajstić information content (AvgIpc) is 3.12. The minimum atomic E-state index is -0.0773. The van der Waals surface area contributed by atoms with E-state index in [1.807, 2.05) is 72.8 Å². The van der Waals surface area contributed by atoms with E-state index >= 15 is 0 Å². The van der Waals surface area contributed by atoms with E-state index in [2.05, 4.69) is 21.7 Å². The molecule has 144 valence electrons. The lowest BCUT2D eigenvalue weighted by molar-refractivity contribution is 0.0955. The van der Waals surface area contributed by atoms with Crippen molar-refractivity contribution in [1.29, 1.82) is 5.26 Å². The van der Waals surface area contributed by atoms with Crippen molar-refractivity contribution in [2.45, 2.75) is 20.4 Å². The first-order valence-electron chi connectivity index (χ1n) is 9.54. The van der Waals surface area contributed by atoms with Gasteiger partial charge in [-0.2, -0.15) is 5.26 Å². The van der Waals surface area contributed by atoms with Crippen LogP contribution >= 0.6 is 0 Å². The molecule has 0 fully saturated rings. The van der Waals surface area contributed by atoms with Crippen LogP contribution in [0.4, 0.5) is 5.82 Å². The zero-order chi connectivity index (χ0) is 20.4. The number of benzene rings is 2. The number of nitriles is 1. The highest BCUT2D eigenvalue weighted by Crippen LogP contribution is 2.26. The van der Waals surface area contributed by atoms with E-state index in [1.54, 1.807) is 0 Å². The summed E-state index contributed by atoms with van der Waals surface area (Å²) in [7, 11) is 0. The smallest absolute Gasteiger partial charge is 0.251 e. The third kappa shape index (κ3) is 3.39. The summed E-state index contributed by atoms with van der Waals surface area (Å²) in [5.41, 5.74) is 5.51. The summed E-state index contributed by atoms with van der Waals surface area (Å²) in [5, 5.41) is 15.9. The quantitative estimate of drug-likeness (QED) is 0.545. The molecule has 0 unspecified atom stereocenters. The number of imidazole rings is 1. The minimum absolute atomic E-state index is 0.0773. The van der Waals surface area contributed by atoms with E-state index in [9.17, 15) is 10.1 Å². The third-order valence-electron chi connectivity index (χ3n) is 4.88. The van der Waals surface area contributed by atoms with Crippen LogP contribution in [0.3, 0.4) is 0 Å². The lowest BCUT2D eigenvalue weighted by Gasteiger charge is -2.13. The molecule has 0 saturated heterocycles. The molecule has 2 aromatic carbocycles. The second-order valence-electron chi connectivity index (χ2n) is 6.87. The Labute approximate surface area is 168 Å². The maximum absolute atomic E-state index is 12.1. The number of nitrogens with zero attached hydrogens (tertiary/aromatic N) is 3. The molecule has 6 heteroatoms. The Morgan fingerprint density at radius 3 is 2.79 bits per heavy atom. The van der Waals surface area contributed by atoms with Gasteiger partial charge < -0.3 is 10.6 Å². The number of hydrogen-bond donors (Lipinski definition) is 2. The molecule has 0 radical (unpaired) electrons. The maximum atomic E-state index is 12.1. The summed E-state index contributed by atoms with van der Waals surface area (Å²) < 4.78 is 1.98. The normalized spacial score (nSPS) is 10.8. The summed E-state index contributed by atoms with van der Waals surface area (Å²) in [6.07, 6.45) is 0. The number of aromatic nitrogens is 2. The number of para-hydroxylation sites is 2. The summed E-state index contributed by atoms with van der Waals surface area (Å²) in [6, 6.07) is 19.6. The predicted octanol–water partition coefficient (Wildman–Crippen LogP) is 4.03. The van der Waals surface area contributed by atoms with Crippen LogP contribution in [0.1, 0.15) is 34.0 Å². The first-order valence-corrected chi connectivity index (χ1v) is 9.54. The second-order valence-corrected chi connectivity index (χ2v) is 6.87. The van der Waals surface area contributed by atoms with E-state index < -0.39 is 0 Å². The van der Waals surface area contributed by atoms with Gasteiger partial charge in [-0.05, 0) is 55.3 Å². The maximum Gasteiger partial charge on any atom is 0.251 e. The van der Waals surface area contributed by atoms with Gasteiger partial charge >= 0.3 is 0 Å². The second kappa shape index (κ2) is 7.64. The minimum Gasteiger partial charge on any atom is -0.367 e. The van der Waals surface area contributed by atoms with Crippen LogP contribution in [0.2, 0.25) is 0 Å². The Morgan fingerprint density at radius 1 is 1.17 bits per heavy atom. The van der Waals surface area contributed by atoms with E-state index in [0.29, 0.717) is 29.9 Å². The highest BCUT2D eigenvalue weighted by Gasteiger charge is 2.15. The summed E-state index contributed by atoms with van der Waals surface area (Å²) in [4.78, 5) is 16.8. The lowest BCUT2D eigenvalue weighted by atomic mass is 10.1. The molecular formula is C23H21N5O. The molecule has 2 heterocycles. The molecule has 4 rings (SSSR count). The number of carbonyl (C=O) groups excluding carboxylic acids is 1. The number of aryl methyl sites for hydroxylation is 1. The van der Waals surface area contributed by atoms with Gasteiger partial charge in [-0.1, -0.05) is 24.3 Å². The number of amides is 1.